The van der Waals surface area contributed by atoms with E-state index in [0.717, 1.165) is 11.3 Å². The lowest BCUT2D eigenvalue weighted by Crippen LogP contribution is -2.34. The summed E-state index contributed by atoms with van der Waals surface area (Å²) in [5.41, 5.74) is 1.70. The van der Waals surface area contributed by atoms with Crippen molar-refractivity contribution in [2.45, 2.75) is 13.0 Å². The number of hydrogen-bond acceptors (Lipinski definition) is 3. The van der Waals surface area contributed by atoms with Crippen LogP contribution in [-0.2, 0) is 23.2 Å². The van der Waals surface area contributed by atoms with E-state index < -0.39 is 0 Å². The zero-order valence-electron chi connectivity index (χ0n) is 13.6. The molecule has 1 fully saturated rings. The number of benzene rings is 1. The zero-order valence-corrected chi connectivity index (χ0v) is 14.4. The van der Waals surface area contributed by atoms with Crippen LogP contribution in [-0.4, -0.2) is 40.1 Å². The third-order valence-corrected chi connectivity index (χ3v) is 4.38. The van der Waals surface area contributed by atoms with Crippen LogP contribution >= 0.6 is 11.6 Å². The predicted octanol–water partition coefficient (Wildman–Crippen LogP) is 2.08. The van der Waals surface area contributed by atoms with Crippen molar-refractivity contribution in [3.05, 3.63) is 47.2 Å². The number of aryl methyl sites for hydroxylation is 1. The number of halogens is 1. The molecule has 1 atom stereocenters. The minimum absolute atomic E-state index is 0.0308. The van der Waals surface area contributed by atoms with Crippen molar-refractivity contribution in [2.75, 3.05) is 18.5 Å². The Kier molecular flexibility index (Phi) is 4.57. The first kappa shape index (κ1) is 16.5. The Morgan fingerprint density at radius 2 is 2.25 bits per heavy atom. The number of nitrogens with zero attached hydrogens (tertiary/aromatic N) is 4. The zero-order chi connectivity index (χ0) is 17.3. The monoisotopic (exact) mass is 346 g/mol. The molecule has 7 heteroatoms. The highest BCUT2D eigenvalue weighted by atomic mass is 35.5. The fraction of sp³-hybridized carbons (Fsp3) is 0.353. The quantitative estimate of drug-likeness (QED) is 0.851. The van der Waals surface area contributed by atoms with Crippen molar-refractivity contribution in [3.8, 4) is 0 Å². The van der Waals surface area contributed by atoms with E-state index in [1.54, 1.807) is 45.9 Å². The molecule has 2 amide bonds. The molecule has 1 aromatic heterocycles. The van der Waals surface area contributed by atoms with E-state index in [-0.39, 0.29) is 24.2 Å². The van der Waals surface area contributed by atoms with E-state index >= 15 is 0 Å². The Bertz CT molecular complexity index is 773. The minimum Gasteiger partial charge on any atom is -0.341 e. The van der Waals surface area contributed by atoms with Gasteiger partial charge in [0.15, 0.2) is 0 Å². The average Bonchev–Trinajstić information content (AvgIpc) is 3.12. The van der Waals surface area contributed by atoms with E-state index in [9.17, 15) is 9.59 Å². The maximum Gasteiger partial charge on any atom is 0.228 e. The first-order valence-corrected chi connectivity index (χ1v) is 8.10. The van der Waals surface area contributed by atoms with E-state index in [2.05, 4.69) is 5.10 Å². The van der Waals surface area contributed by atoms with Crippen molar-refractivity contribution < 1.29 is 9.59 Å². The Labute approximate surface area is 145 Å². The van der Waals surface area contributed by atoms with Crippen molar-refractivity contribution in [2.24, 2.45) is 13.0 Å². The largest absolute Gasteiger partial charge is 0.341 e. The molecule has 2 heterocycles. The molecule has 0 bridgehead atoms. The van der Waals surface area contributed by atoms with Gasteiger partial charge in [0.2, 0.25) is 11.8 Å². The van der Waals surface area contributed by atoms with Gasteiger partial charge in [-0.1, -0.05) is 17.7 Å². The maximum absolute atomic E-state index is 12.6. The number of amides is 2. The van der Waals surface area contributed by atoms with Crippen LogP contribution in [0.25, 0.3) is 0 Å². The van der Waals surface area contributed by atoms with Gasteiger partial charge >= 0.3 is 0 Å². The second-order valence-corrected chi connectivity index (χ2v) is 6.54. The third kappa shape index (κ3) is 3.43. The summed E-state index contributed by atoms with van der Waals surface area (Å²) in [5, 5.41) is 4.68. The molecule has 6 nitrogen and oxygen atoms in total. The van der Waals surface area contributed by atoms with Gasteiger partial charge in [-0.2, -0.15) is 5.10 Å². The summed E-state index contributed by atoms with van der Waals surface area (Å²) >= 11 is 5.99. The highest BCUT2D eigenvalue weighted by Crippen LogP contribution is 2.28. The Balaban J connectivity index is 1.67. The van der Waals surface area contributed by atoms with Gasteiger partial charge in [-0.15, -0.1) is 0 Å². The fourth-order valence-electron chi connectivity index (χ4n) is 2.98. The van der Waals surface area contributed by atoms with Gasteiger partial charge in [0.25, 0.3) is 0 Å². The number of aromatic nitrogens is 2. The first-order valence-electron chi connectivity index (χ1n) is 7.72. The standard InChI is InChI=1S/C17H19ClN4O2/c1-20(9-12-8-19-21(2)10-12)17(24)13-6-16(23)22(11-13)15-5-3-4-14(18)7-15/h3-5,7-8,10,13H,6,9,11H2,1-2H3/t13-/m1/s1. The molecular formula is C17H19ClN4O2. The fourth-order valence-corrected chi connectivity index (χ4v) is 3.17. The number of hydrogen-bond donors (Lipinski definition) is 0. The normalized spacial score (nSPS) is 17.4. The molecule has 0 saturated carbocycles. The van der Waals surface area contributed by atoms with Gasteiger partial charge in [0.05, 0.1) is 12.1 Å². The highest BCUT2D eigenvalue weighted by molar-refractivity contribution is 6.30. The molecule has 1 saturated heterocycles. The van der Waals surface area contributed by atoms with Crippen LogP contribution in [0.5, 0.6) is 0 Å². The Morgan fingerprint density at radius 3 is 2.92 bits per heavy atom. The van der Waals surface area contributed by atoms with Crippen LogP contribution in [0.15, 0.2) is 36.7 Å². The van der Waals surface area contributed by atoms with Gasteiger partial charge in [0, 0.05) is 56.1 Å². The summed E-state index contributed by atoms with van der Waals surface area (Å²) in [5.74, 6) is -0.416. The van der Waals surface area contributed by atoms with Gasteiger partial charge in [-0.3, -0.25) is 14.3 Å². The molecule has 1 aromatic carbocycles. The van der Waals surface area contributed by atoms with E-state index in [4.69, 9.17) is 11.6 Å². The van der Waals surface area contributed by atoms with Crippen molar-refractivity contribution in [3.63, 3.8) is 0 Å². The van der Waals surface area contributed by atoms with E-state index in [1.807, 2.05) is 19.3 Å². The molecule has 1 aliphatic heterocycles. The molecule has 24 heavy (non-hydrogen) atoms. The molecule has 0 spiro atoms. The summed E-state index contributed by atoms with van der Waals surface area (Å²) in [4.78, 5) is 28.2. The van der Waals surface area contributed by atoms with Gasteiger partial charge in [-0.25, -0.2) is 0 Å². The molecule has 0 unspecified atom stereocenters. The van der Waals surface area contributed by atoms with Crippen LogP contribution in [0.2, 0.25) is 5.02 Å². The summed E-state index contributed by atoms with van der Waals surface area (Å²) in [6, 6.07) is 7.13. The molecule has 0 N–H and O–H groups in total. The van der Waals surface area contributed by atoms with Crippen LogP contribution in [0.1, 0.15) is 12.0 Å². The lowest BCUT2D eigenvalue weighted by molar-refractivity contribution is -0.135. The summed E-state index contributed by atoms with van der Waals surface area (Å²) in [6.45, 7) is 0.865. The van der Waals surface area contributed by atoms with Crippen molar-refractivity contribution in [1.29, 1.82) is 0 Å². The smallest absolute Gasteiger partial charge is 0.228 e. The van der Waals surface area contributed by atoms with Crippen LogP contribution in [0.3, 0.4) is 0 Å². The van der Waals surface area contributed by atoms with Gasteiger partial charge in [0.1, 0.15) is 0 Å². The van der Waals surface area contributed by atoms with Gasteiger partial charge < -0.3 is 9.80 Å². The number of rotatable bonds is 4. The molecule has 1 aliphatic rings. The van der Waals surface area contributed by atoms with Crippen LogP contribution < -0.4 is 4.90 Å². The second kappa shape index (κ2) is 6.65. The Morgan fingerprint density at radius 1 is 1.46 bits per heavy atom. The first-order chi connectivity index (χ1) is 11.4. The van der Waals surface area contributed by atoms with E-state index in [1.165, 1.54) is 0 Å². The predicted molar refractivity (Wildman–Crippen MR) is 91.6 cm³/mol. The second-order valence-electron chi connectivity index (χ2n) is 6.10. The Hall–Kier alpha value is -2.34. The lowest BCUT2D eigenvalue weighted by atomic mass is 10.1. The van der Waals surface area contributed by atoms with Crippen LogP contribution in [0, 0.1) is 5.92 Å². The minimum atomic E-state index is -0.335. The third-order valence-electron chi connectivity index (χ3n) is 4.15. The average molecular weight is 347 g/mol. The van der Waals surface area contributed by atoms with Crippen molar-refractivity contribution >= 4 is 29.1 Å². The summed E-state index contributed by atoms with van der Waals surface area (Å²) in [6.07, 6.45) is 3.84. The summed E-state index contributed by atoms with van der Waals surface area (Å²) in [7, 11) is 3.59. The lowest BCUT2D eigenvalue weighted by Gasteiger charge is -2.21. The molecule has 3 rings (SSSR count). The highest BCUT2D eigenvalue weighted by Gasteiger charge is 2.36. The molecule has 0 aliphatic carbocycles. The van der Waals surface area contributed by atoms with E-state index in [0.29, 0.717) is 18.1 Å². The number of anilines is 1. The van der Waals surface area contributed by atoms with Crippen LogP contribution in [0.4, 0.5) is 5.69 Å². The molecule has 2 aromatic rings. The number of carbonyl (C=O) groups is 2. The van der Waals surface area contributed by atoms with Crippen molar-refractivity contribution in [1.82, 2.24) is 14.7 Å². The SMILES string of the molecule is CN(Cc1cnn(C)c1)C(=O)[C@@H]1CC(=O)N(c2cccc(Cl)c2)C1. The maximum atomic E-state index is 12.6. The molecule has 0 radical (unpaired) electrons. The molecule has 126 valence electrons. The summed E-state index contributed by atoms with van der Waals surface area (Å²) < 4.78 is 1.70. The molecular weight excluding hydrogens is 328 g/mol. The van der Waals surface area contributed by atoms with Gasteiger partial charge in [-0.05, 0) is 18.2 Å². The number of carbonyl (C=O) groups excluding carboxylic acids is 2. The topological polar surface area (TPSA) is 58.4 Å².